The summed E-state index contributed by atoms with van der Waals surface area (Å²) in [4.78, 5) is 3.99. The van der Waals surface area contributed by atoms with E-state index in [1.54, 1.807) is 7.05 Å². The molecule has 82 valence electrons. The summed E-state index contributed by atoms with van der Waals surface area (Å²) >= 11 is 0. The average molecular weight is 219 g/mol. The molecule has 0 atom stereocenters. The van der Waals surface area contributed by atoms with Crippen LogP contribution in [0.1, 0.15) is 12.8 Å². The molecule has 0 saturated heterocycles. The van der Waals surface area contributed by atoms with Crippen LogP contribution in [0.3, 0.4) is 0 Å². The third kappa shape index (κ3) is 5.06. The van der Waals surface area contributed by atoms with Crippen LogP contribution >= 0.6 is 0 Å². The molecule has 0 spiro atoms. The molecule has 1 aliphatic rings. The van der Waals surface area contributed by atoms with Crippen LogP contribution in [0.4, 0.5) is 0 Å². The van der Waals surface area contributed by atoms with Gasteiger partial charge >= 0.3 is 0 Å². The second-order valence-corrected chi connectivity index (χ2v) is 5.81. The number of aliphatic imine (C=N–C) groups is 1. The largest absolute Gasteiger partial charge is 0.355 e. The van der Waals surface area contributed by atoms with Gasteiger partial charge in [0.05, 0.1) is 5.75 Å². The van der Waals surface area contributed by atoms with Gasteiger partial charge in [-0.2, -0.15) is 0 Å². The minimum absolute atomic E-state index is 0.137. The van der Waals surface area contributed by atoms with Gasteiger partial charge in [-0.25, -0.2) is 8.42 Å². The quantitative estimate of drug-likeness (QED) is 0.487. The second kappa shape index (κ2) is 4.63. The molecule has 0 radical (unpaired) electrons. The van der Waals surface area contributed by atoms with Crippen molar-refractivity contribution in [3.05, 3.63) is 0 Å². The molecular weight excluding hydrogens is 202 g/mol. The van der Waals surface area contributed by atoms with Crippen LogP contribution in [0, 0.1) is 0 Å². The smallest absolute Gasteiger partial charge is 0.191 e. The monoisotopic (exact) mass is 219 g/mol. The van der Waals surface area contributed by atoms with Crippen molar-refractivity contribution in [1.82, 2.24) is 10.6 Å². The molecule has 0 aliphatic heterocycles. The van der Waals surface area contributed by atoms with Crippen LogP contribution in [0.5, 0.6) is 0 Å². The maximum absolute atomic E-state index is 10.8. The predicted molar refractivity (Wildman–Crippen MR) is 57.2 cm³/mol. The van der Waals surface area contributed by atoms with Gasteiger partial charge in [-0.05, 0) is 12.8 Å². The lowest BCUT2D eigenvalue weighted by Gasteiger charge is -2.09. The first-order valence-corrected chi connectivity index (χ1v) is 6.72. The van der Waals surface area contributed by atoms with Crippen LogP contribution in [-0.2, 0) is 9.84 Å². The SMILES string of the molecule is CN=C(NCCS(C)(=O)=O)NC1CC1. The highest BCUT2D eigenvalue weighted by molar-refractivity contribution is 7.90. The first kappa shape index (κ1) is 11.3. The Morgan fingerprint density at radius 1 is 1.50 bits per heavy atom. The molecule has 0 unspecified atom stereocenters. The van der Waals surface area contributed by atoms with Crippen molar-refractivity contribution >= 4 is 15.8 Å². The number of nitrogens with zero attached hydrogens (tertiary/aromatic N) is 1. The van der Waals surface area contributed by atoms with Gasteiger partial charge in [0.25, 0.3) is 0 Å². The van der Waals surface area contributed by atoms with Gasteiger partial charge in [-0.15, -0.1) is 0 Å². The van der Waals surface area contributed by atoms with Gasteiger partial charge in [-0.1, -0.05) is 0 Å². The molecule has 1 rings (SSSR count). The fourth-order valence-electron chi connectivity index (χ4n) is 0.970. The van der Waals surface area contributed by atoms with E-state index in [1.165, 1.54) is 19.1 Å². The Balaban J connectivity index is 2.20. The molecule has 0 amide bonds. The van der Waals surface area contributed by atoms with Gasteiger partial charge < -0.3 is 10.6 Å². The topological polar surface area (TPSA) is 70.6 Å². The lowest BCUT2D eigenvalue weighted by molar-refractivity contribution is 0.600. The van der Waals surface area contributed by atoms with Crippen LogP contribution in [-0.4, -0.2) is 46.0 Å². The molecular formula is C8H17N3O2S. The lowest BCUT2D eigenvalue weighted by Crippen LogP contribution is -2.40. The first-order valence-electron chi connectivity index (χ1n) is 4.66. The maximum atomic E-state index is 10.8. The predicted octanol–water partition coefficient (Wildman–Crippen LogP) is -0.642. The van der Waals surface area contributed by atoms with Crippen molar-refractivity contribution in [2.24, 2.45) is 4.99 Å². The summed E-state index contributed by atoms with van der Waals surface area (Å²) in [5, 5.41) is 6.13. The highest BCUT2D eigenvalue weighted by Crippen LogP contribution is 2.18. The van der Waals surface area contributed by atoms with Crippen molar-refractivity contribution in [3.8, 4) is 0 Å². The van der Waals surface area contributed by atoms with Crippen molar-refractivity contribution in [3.63, 3.8) is 0 Å². The number of hydrogen-bond acceptors (Lipinski definition) is 3. The third-order valence-electron chi connectivity index (χ3n) is 1.91. The van der Waals surface area contributed by atoms with Crippen LogP contribution in [0.15, 0.2) is 4.99 Å². The molecule has 6 heteroatoms. The Labute approximate surface area is 84.9 Å². The molecule has 14 heavy (non-hydrogen) atoms. The molecule has 0 heterocycles. The standard InChI is InChI=1S/C8H17N3O2S/c1-9-8(11-7-3-4-7)10-5-6-14(2,12)13/h7H,3-6H2,1-2H3,(H2,9,10,11). The molecule has 1 saturated carbocycles. The highest BCUT2D eigenvalue weighted by atomic mass is 32.2. The second-order valence-electron chi connectivity index (χ2n) is 3.55. The average Bonchev–Trinajstić information content (AvgIpc) is 2.84. The fourth-order valence-corrected chi connectivity index (χ4v) is 1.44. The van der Waals surface area contributed by atoms with E-state index in [1.807, 2.05) is 0 Å². The molecule has 1 aliphatic carbocycles. The molecule has 0 aromatic carbocycles. The van der Waals surface area contributed by atoms with E-state index in [0.29, 0.717) is 18.5 Å². The normalized spacial score (nSPS) is 18.0. The number of guanidine groups is 1. The van der Waals surface area contributed by atoms with E-state index in [9.17, 15) is 8.42 Å². The number of rotatable bonds is 4. The zero-order valence-corrected chi connectivity index (χ0v) is 9.39. The first-order chi connectivity index (χ1) is 6.51. The van der Waals surface area contributed by atoms with Crippen LogP contribution < -0.4 is 10.6 Å². The van der Waals surface area contributed by atoms with E-state index in [-0.39, 0.29) is 5.75 Å². The van der Waals surface area contributed by atoms with E-state index in [2.05, 4.69) is 15.6 Å². The van der Waals surface area contributed by atoms with Gasteiger partial charge in [0.15, 0.2) is 5.96 Å². The van der Waals surface area contributed by atoms with Crippen molar-refractivity contribution in [2.75, 3.05) is 25.6 Å². The van der Waals surface area contributed by atoms with Crippen molar-refractivity contribution in [1.29, 1.82) is 0 Å². The van der Waals surface area contributed by atoms with Crippen molar-refractivity contribution < 1.29 is 8.42 Å². The Bertz CT molecular complexity index is 307. The van der Waals surface area contributed by atoms with E-state index in [4.69, 9.17) is 0 Å². The Kier molecular flexibility index (Phi) is 3.74. The van der Waals surface area contributed by atoms with Gasteiger partial charge in [0.2, 0.25) is 0 Å². The van der Waals surface area contributed by atoms with Gasteiger partial charge in [-0.3, -0.25) is 4.99 Å². The molecule has 0 aromatic heterocycles. The number of sulfone groups is 1. The fraction of sp³-hybridized carbons (Fsp3) is 0.875. The Morgan fingerprint density at radius 2 is 2.14 bits per heavy atom. The molecule has 2 N–H and O–H groups in total. The lowest BCUT2D eigenvalue weighted by atomic mass is 10.6. The van der Waals surface area contributed by atoms with Crippen molar-refractivity contribution in [2.45, 2.75) is 18.9 Å². The summed E-state index contributed by atoms with van der Waals surface area (Å²) in [6.45, 7) is 0.408. The van der Waals surface area contributed by atoms with Gasteiger partial charge in [0, 0.05) is 25.9 Å². The zero-order chi connectivity index (χ0) is 10.6. The van der Waals surface area contributed by atoms with Crippen LogP contribution in [0.2, 0.25) is 0 Å². The zero-order valence-electron chi connectivity index (χ0n) is 8.58. The minimum Gasteiger partial charge on any atom is -0.355 e. The third-order valence-corrected chi connectivity index (χ3v) is 2.85. The number of nitrogens with one attached hydrogen (secondary N) is 2. The molecule has 1 fully saturated rings. The summed E-state index contributed by atoms with van der Waals surface area (Å²) in [6, 6.07) is 0.527. The Hall–Kier alpha value is -0.780. The molecule has 0 aromatic rings. The summed E-state index contributed by atoms with van der Waals surface area (Å²) in [5.41, 5.74) is 0. The highest BCUT2D eigenvalue weighted by Gasteiger charge is 2.21. The summed E-state index contributed by atoms with van der Waals surface area (Å²) < 4.78 is 21.7. The summed E-state index contributed by atoms with van der Waals surface area (Å²) in [5.74, 6) is 0.828. The Morgan fingerprint density at radius 3 is 2.57 bits per heavy atom. The van der Waals surface area contributed by atoms with E-state index < -0.39 is 9.84 Å². The summed E-state index contributed by atoms with van der Waals surface area (Å²) in [6.07, 6.45) is 3.57. The number of hydrogen-bond donors (Lipinski definition) is 2. The molecule has 0 bridgehead atoms. The van der Waals surface area contributed by atoms with E-state index in [0.717, 1.165) is 0 Å². The minimum atomic E-state index is -2.89. The van der Waals surface area contributed by atoms with E-state index >= 15 is 0 Å². The maximum Gasteiger partial charge on any atom is 0.191 e. The molecule has 5 nitrogen and oxygen atoms in total. The summed E-state index contributed by atoms with van der Waals surface area (Å²) in [7, 11) is -1.21. The van der Waals surface area contributed by atoms with Crippen LogP contribution in [0.25, 0.3) is 0 Å². The van der Waals surface area contributed by atoms with Gasteiger partial charge in [0.1, 0.15) is 9.84 Å².